The van der Waals surface area contributed by atoms with Gasteiger partial charge in [0, 0.05) is 12.4 Å². The molecule has 0 heterocycles. The number of hydrogen-bond donors (Lipinski definition) is 0. The van der Waals surface area contributed by atoms with Crippen molar-refractivity contribution in [3.63, 3.8) is 0 Å². The molecule has 0 fully saturated rings. The summed E-state index contributed by atoms with van der Waals surface area (Å²) in [6.07, 6.45) is 3.77. The Kier molecular flexibility index (Phi) is 4.97. The topological polar surface area (TPSA) is 24.7 Å². The first-order valence-electron chi connectivity index (χ1n) is 8.01. The summed E-state index contributed by atoms with van der Waals surface area (Å²) in [4.78, 5) is 9.02. The van der Waals surface area contributed by atoms with Crippen molar-refractivity contribution >= 4 is 23.8 Å². The maximum absolute atomic E-state index is 4.51. The van der Waals surface area contributed by atoms with E-state index in [0.29, 0.717) is 0 Å². The molecule has 0 saturated carbocycles. The first-order valence-corrected chi connectivity index (χ1v) is 8.01. The zero-order valence-electron chi connectivity index (χ0n) is 14.0. The van der Waals surface area contributed by atoms with Gasteiger partial charge >= 0.3 is 0 Å². The summed E-state index contributed by atoms with van der Waals surface area (Å²) in [5, 5.41) is 0. The summed E-state index contributed by atoms with van der Waals surface area (Å²) in [5.74, 6) is 0. The molecule has 0 aliphatic carbocycles. The Morgan fingerprint density at radius 2 is 1.00 bits per heavy atom. The largest absolute Gasteiger partial charge is 0.256 e. The van der Waals surface area contributed by atoms with Crippen LogP contribution < -0.4 is 0 Å². The first-order chi connectivity index (χ1) is 11.7. The van der Waals surface area contributed by atoms with Crippen LogP contribution in [0.25, 0.3) is 0 Å². The molecule has 2 heteroatoms. The predicted octanol–water partition coefficient (Wildman–Crippen LogP) is 5.80. The van der Waals surface area contributed by atoms with E-state index in [2.05, 4.69) is 60.2 Å². The molecule has 0 spiro atoms. The fraction of sp³-hybridized carbons (Fsp3) is 0.0909. The van der Waals surface area contributed by atoms with Crippen LogP contribution in [0.15, 0.2) is 82.8 Å². The third kappa shape index (κ3) is 4.50. The lowest BCUT2D eigenvalue weighted by Gasteiger charge is -1.98. The summed E-state index contributed by atoms with van der Waals surface area (Å²) in [6, 6.07) is 24.5. The van der Waals surface area contributed by atoms with Crippen LogP contribution in [-0.2, 0) is 0 Å². The maximum Gasteiger partial charge on any atom is 0.0631 e. The average Bonchev–Trinajstić information content (AvgIpc) is 2.59. The second-order valence-corrected chi connectivity index (χ2v) is 5.86. The quantitative estimate of drug-likeness (QED) is 0.544. The highest BCUT2D eigenvalue weighted by atomic mass is 14.7. The Hall–Kier alpha value is -3.00. The molecular formula is C22H20N2. The van der Waals surface area contributed by atoms with Gasteiger partial charge in [-0.15, -0.1) is 0 Å². The van der Waals surface area contributed by atoms with Crippen LogP contribution in [0.3, 0.4) is 0 Å². The smallest absolute Gasteiger partial charge is 0.0631 e. The van der Waals surface area contributed by atoms with Crippen molar-refractivity contribution in [2.45, 2.75) is 13.8 Å². The van der Waals surface area contributed by atoms with Crippen LogP contribution >= 0.6 is 0 Å². The molecule has 3 aromatic carbocycles. The second kappa shape index (κ2) is 7.51. The number of rotatable bonds is 4. The molecule has 0 unspecified atom stereocenters. The van der Waals surface area contributed by atoms with Crippen LogP contribution in [0.1, 0.15) is 22.3 Å². The highest BCUT2D eigenvalue weighted by molar-refractivity contribution is 5.83. The number of aryl methyl sites for hydroxylation is 2. The monoisotopic (exact) mass is 312 g/mol. The van der Waals surface area contributed by atoms with Crippen LogP contribution in [0, 0.1) is 13.8 Å². The Morgan fingerprint density at radius 1 is 0.583 bits per heavy atom. The molecule has 24 heavy (non-hydrogen) atoms. The molecule has 118 valence electrons. The van der Waals surface area contributed by atoms with Gasteiger partial charge in [0.2, 0.25) is 0 Å². The van der Waals surface area contributed by atoms with Gasteiger partial charge in [-0.2, -0.15) is 0 Å². The second-order valence-electron chi connectivity index (χ2n) is 5.86. The maximum atomic E-state index is 4.51. The van der Waals surface area contributed by atoms with Crippen molar-refractivity contribution in [3.8, 4) is 0 Å². The van der Waals surface area contributed by atoms with Gasteiger partial charge in [-0.3, -0.25) is 9.98 Å². The Labute approximate surface area is 143 Å². The standard InChI is InChI=1S/C22H20N2/c1-17-5-3-7-19(13-17)15-23-21-9-11-22(12-10-21)24-16-20-8-4-6-18(2)14-20/h3-16H,1-2H3. The minimum absolute atomic E-state index is 0.922. The summed E-state index contributed by atoms with van der Waals surface area (Å²) in [5.41, 5.74) is 6.53. The minimum atomic E-state index is 0.922. The van der Waals surface area contributed by atoms with Gasteiger partial charge in [0.25, 0.3) is 0 Å². The molecule has 0 saturated heterocycles. The summed E-state index contributed by atoms with van der Waals surface area (Å²) >= 11 is 0. The number of nitrogens with zero attached hydrogens (tertiary/aromatic N) is 2. The fourth-order valence-electron chi connectivity index (χ4n) is 2.42. The zero-order valence-corrected chi connectivity index (χ0v) is 14.0. The highest BCUT2D eigenvalue weighted by Gasteiger charge is 1.93. The molecule has 0 amide bonds. The molecular weight excluding hydrogens is 292 g/mol. The average molecular weight is 312 g/mol. The van der Waals surface area contributed by atoms with E-state index < -0.39 is 0 Å². The van der Waals surface area contributed by atoms with Crippen LogP contribution in [0.2, 0.25) is 0 Å². The Bertz CT molecular complexity index is 800. The van der Waals surface area contributed by atoms with E-state index in [1.807, 2.05) is 48.8 Å². The lowest BCUT2D eigenvalue weighted by molar-refractivity contribution is 1.44. The molecule has 0 atom stereocenters. The van der Waals surface area contributed by atoms with E-state index in [1.165, 1.54) is 11.1 Å². The number of aliphatic imine (C=N–C) groups is 2. The fourth-order valence-corrected chi connectivity index (χ4v) is 2.42. The van der Waals surface area contributed by atoms with Gasteiger partial charge in [-0.1, -0.05) is 59.7 Å². The summed E-state index contributed by atoms with van der Waals surface area (Å²) in [6.45, 7) is 4.16. The van der Waals surface area contributed by atoms with Crippen molar-refractivity contribution < 1.29 is 0 Å². The molecule has 0 aliphatic heterocycles. The first kappa shape index (κ1) is 15.9. The van der Waals surface area contributed by atoms with Crippen LogP contribution in [-0.4, -0.2) is 12.4 Å². The SMILES string of the molecule is Cc1cccc(C=Nc2ccc(N=Cc3cccc(C)c3)cc2)c1. The van der Waals surface area contributed by atoms with E-state index in [1.54, 1.807) is 0 Å². The lowest BCUT2D eigenvalue weighted by atomic mass is 10.1. The Morgan fingerprint density at radius 3 is 1.38 bits per heavy atom. The Balaban J connectivity index is 1.69. The van der Waals surface area contributed by atoms with Crippen LogP contribution in [0.5, 0.6) is 0 Å². The van der Waals surface area contributed by atoms with Crippen molar-refractivity contribution in [2.75, 3.05) is 0 Å². The third-order valence-electron chi connectivity index (χ3n) is 3.66. The van der Waals surface area contributed by atoms with E-state index in [-0.39, 0.29) is 0 Å². The summed E-state index contributed by atoms with van der Waals surface area (Å²) in [7, 11) is 0. The normalized spacial score (nSPS) is 11.4. The third-order valence-corrected chi connectivity index (χ3v) is 3.66. The zero-order chi connectivity index (χ0) is 16.8. The van der Waals surface area contributed by atoms with E-state index >= 15 is 0 Å². The molecule has 2 nitrogen and oxygen atoms in total. The van der Waals surface area contributed by atoms with Gasteiger partial charge in [0.1, 0.15) is 0 Å². The van der Waals surface area contributed by atoms with Crippen molar-refractivity contribution in [2.24, 2.45) is 9.98 Å². The van der Waals surface area contributed by atoms with Gasteiger partial charge in [0.15, 0.2) is 0 Å². The van der Waals surface area contributed by atoms with Crippen molar-refractivity contribution in [1.82, 2.24) is 0 Å². The summed E-state index contributed by atoms with van der Waals surface area (Å²) < 4.78 is 0. The molecule has 3 aromatic rings. The van der Waals surface area contributed by atoms with E-state index in [0.717, 1.165) is 22.5 Å². The van der Waals surface area contributed by atoms with Crippen LogP contribution in [0.4, 0.5) is 11.4 Å². The van der Waals surface area contributed by atoms with Crippen molar-refractivity contribution in [1.29, 1.82) is 0 Å². The molecule has 0 aromatic heterocycles. The van der Waals surface area contributed by atoms with Gasteiger partial charge in [-0.05, 0) is 49.2 Å². The molecule has 0 bridgehead atoms. The van der Waals surface area contributed by atoms with Crippen molar-refractivity contribution in [3.05, 3.63) is 95.1 Å². The minimum Gasteiger partial charge on any atom is -0.256 e. The van der Waals surface area contributed by atoms with Gasteiger partial charge in [-0.25, -0.2) is 0 Å². The van der Waals surface area contributed by atoms with E-state index in [4.69, 9.17) is 0 Å². The molecule has 0 N–H and O–H groups in total. The number of benzene rings is 3. The van der Waals surface area contributed by atoms with E-state index in [9.17, 15) is 0 Å². The van der Waals surface area contributed by atoms with Gasteiger partial charge < -0.3 is 0 Å². The number of hydrogen-bond acceptors (Lipinski definition) is 2. The highest BCUT2D eigenvalue weighted by Crippen LogP contribution is 2.19. The lowest BCUT2D eigenvalue weighted by Crippen LogP contribution is -1.82. The molecule has 0 aliphatic rings. The molecule has 0 radical (unpaired) electrons. The van der Waals surface area contributed by atoms with Gasteiger partial charge in [0.05, 0.1) is 11.4 Å². The molecule has 3 rings (SSSR count). The predicted molar refractivity (Wildman–Crippen MR) is 103 cm³/mol.